The minimum Gasteiger partial charge on any atom is -0.481 e. The third-order valence-corrected chi connectivity index (χ3v) is 6.33. The average Bonchev–Trinajstić information content (AvgIpc) is 3.15. The van der Waals surface area contributed by atoms with Crippen LogP contribution in [0.25, 0.3) is 0 Å². The zero-order valence-electron chi connectivity index (χ0n) is 15.7. The molecule has 1 aliphatic heterocycles. The van der Waals surface area contributed by atoms with Gasteiger partial charge in [0.05, 0.1) is 17.8 Å². The van der Waals surface area contributed by atoms with Crippen molar-refractivity contribution < 1.29 is 14.7 Å². The second-order valence-electron chi connectivity index (χ2n) is 6.86. The van der Waals surface area contributed by atoms with Crippen LogP contribution in [0, 0.1) is 0 Å². The molecular weight excluding hydrogens is 362 g/mol. The van der Waals surface area contributed by atoms with Crippen molar-refractivity contribution in [3.63, 3.8) is 0 Å². The summed E-state index contributed by atoms with van der Waals surface area (Å²) in [6.07, 6.45) is 3.60. The summed E-state index contributed by atoms with van der Waals surface area (Å²) in [5, 5.41) is 9.10. The average molecular weight is 388 g/mol. The van der Waals surface area contributed by atoms with Gasteiger partial charge in [-0.15, -0.1) is 11.3 Å². The molecule has 0 spiro atoms. The predicted octanol–water partition coefficient (Wildman–Crippen LogP) is 2.78. The van der Waals surface area contributed by atoms with E-state index in [0.717, 1.165) is 55.3 Å². The fraction of sp³-hybridized carbons (Fsp3) is 0.450. The van der Waals surface area contributed by atoms with Crippen LogP contribution in [0.4, 0.5) is 5.69 Å². The van der Waals surface area contributed by atoms with Crippen LogP contribution in [0.3, 0.4) is 0 Å². The van der Waals surface area contributed by atoms with Gasteiger partial charge in [0.1, 0.15) is 0 Å². The Balaban J connectivity index is 1.53. The van der Waals surface area contributed by atoms with Crippen LogP contribution in [-0.4, -0.2) is 53.0 Å². The number of rotatable bonds is 6. The van der Waals surface area contributed by atoms with Crippen molar-refractivity contribution in [3.8, 4) is 0 Å². The summed E-state index contributed by atoms with van der Waals surface area (Å²) in [6.45, 7) is 6.51. The molecule has 1 atom stereocenters. The number of anilines is 1. The van der Waals surface area contributed by atoms with Crippen LogP contribution >= 0.6 is 11.3 Å². The molecule has 1 saturated heterocycles. The highest BCUT2D eigenvalue weighted by molar-refractivity contribution is 7.12. The Kier molecular flexibility index (Phi) is 6.11. The van der Waals surface area contributed by atoms with Crippen molar-refractivity contribution in [2.75, 3.05) is 31.1 Å². The predicted molar refractivity (Wildman–Crippen MR) is 106 cm³/mol. The van der Waals surface area contributed by atoms with E-state index in [1.54, 1.807) is 25.2 Å². The van der Waals surface area contributed by atoms with Gasteiger partial charge in [-0.05, 0) is 44.0 Å². The number of piperazine rings is 1. The molecule has 0 aromatic carbocycles. The molecule has 1 unspecified atom stereocenters. The quantitative estimate of drug-likeness (QED) is 0.825. The number of pyridine rings is 1. The molecule has 144 valence electrons. The minimum absolute atomic E-state index is 0.137. The number of thiophene rings is 1. The Morgan fingerprint density at radius 1 is 1.15 bits per heavy atom. The Labute approximate surface area is 163 Å². The summed E-state index contributed by atoms with van der Waals surface area (Å²) < 4.78 is 0. The number of carboxylic acid groups (broad SMARTS) is 1. The van der Waals surface area contributed by atoms with E-state index in [1.165, 1.54) is 4.88 Å². The fourth-order valence-electron chi connectivity index (χ4n) is 3.17. The Morgan fingerprint density at radius 2 is 1.89 bits per heavy atom. The van der Waals surface area contributed by atoms with E-state index < -0.39 is 11.9 Å². The molecule has 6 nitrogen and oxygen atoms in total. The molecular formula is C20H25N3O3S. The van der Waals surface area contributed by atoms with Gasteiger partial charge in [0.15, 0.2) is 0 Å². The third kappa shape index (κ3) is 4.86. The number of carbonyl (C=O) groups is 2. The Hall–Kier alpha value is -2.41. The Morgan fingerprint density at radius 3 is 2.48 bits per heavy atom. The number of nitrogens with zero attached hydrogens (tertiary/aromatic N) is 3. The maximum Gasteiger partial charge on any atom is 0.311 e. The maximum atomic E-state index is 11.4. The van der Waals surface area contributed by atoms with Crippen LogP contribution in [0.2, 0.25) is 0 Å². The number of amides is 1. The van der Waals surface area contributed by atoms with Gasteiger partial charge in [0.2, 0.25) is 5.91 Å². The van der Waals surface area contributed by atoms with E-state index >= 15 is 0 Å². The standard InChI is InChI=1S/C20H25N3O3S/c1-14(20(25)26)19-8-7-18(27-19)6-4-16-3-5-17(13-21-16)23-11-9-22(10-12-23)15(2)24/h3,5,7-8,13-14H,4,6,9-12H2,1-2H3,(H,25,26). The van der Waals surface area contributed by atoms with Crippen molar-refractivity contribution in [3.05, 3.63) is 45.9 Å². The smallest absolute Gasteiger partial charge is 0.311 e. The summed E-state index contributed by atoms with van der Waals surface area (Å²) in [6, 6.07) is 8.08. The first kappa shape index (κ1) is 19.4. The second-order valence-corrected chi connectivity index (χ2v) is 8.06. The Bertz CT molecular complexity index is 795. The van der Waals surface area contributed by atoms with Crippen LogP contribution in [0.5, 0.6) is 0 Å². The fourth-order valence-corrected chi connectivity index (χ4v) is 4.22. The number of aliphatic carboxylic acids is 1. The molecule has 0 radical (unpaired) electrons. The summed E-state index contributed by atoms with van der Waals surface area (Å²) in [5.74, 6) is -1.10. The van der Waals surface area contributed by atoms with E-state index in [9.17, 15) is 9.59 Å². The van der Waals surface area contributed by atoms with Gasteiger partial charge >= 0.3 is 5.97 Å². The van der Waals surface area contributed by atoms with Crippen molar-refractivity contribution >= 4 is 28.9 Å². The van der Waals surface area contributed by atoms with Crippen molar-refractivity contribution in [2.24, 2.45) is 0 Å². The van der Waals surface area contributed by atoms with Gasteiger partial charge in [-0.1, -0.05) is 0 Å². The van der Waals surface area contributed by atoms with Crippen LogP contribution in [0.1, 0.15) is 35.2 Å². The summed E-state index contributed by atoms with van der Waals surface area (Å²) in [5.41, 5.74) is 2.12. The lowest BCUT2D eigenvalue weighted by Gasteiger charge is -2.35. The van der Waals surface area contributed by atoms with E-state index in [2.05, 4.69) is 22.0 Å². The van der Waals surface area contributed by atoms with Crippen molar-refractivity contribution in [2.45, 2.75) is 32.6 Å². The molecule has 1 N–H and O–H groups in total. The van der Waals surface area contributed by atoms with E-state index in [4.69, 9.17) is 5.11 Å². The molecule has 0 bridgehead atoms. The molecule has 0 saturated carbocycles. The molecule has 0 aliphatic carbocycles. The van der Waals surface area contributed by atoms with Crippen molar-refractivity contribution in [1.29, 1.82) is 0 Å². The lowest BCUT2D eigenvalue weighted by atomic mass is 10.1. The van der Waals surface area contributed by atoms with Crippen LogP contribution in [0.15, 0.2) is 30.5 Å². The molecule has 2 aromatic heterocycles. The molecule has 1 amide bonds. The lowest BCUT2D eigenvalue weighted by molar-refractivity contribution is -0.138. The normalized spacial score (nSPS) is 15.6. The first-order chi connectivity index (χ1) is 12.9. The highest BCUT2D eigenvalue weighted by atomic mass is 32.1. The first-order valence-electron chi connectivity index (χ1n) is 9.21. The van der Waals surface area contributed by atoms with Gasteiger partial charge in [-0.25, -0.2) is 0 Å². The number of hydrogen-bond acceptors (Lipinski definition) is 5. The molecule has 3 heterocycles. The highest BCUT2D eigenvalue weighted by Crippen LogP contribution is 2.26. The van der Waals surface area contributed by atoms with Gasteiger partial charge in [0, 0.05) is 48.6 Å². The largest absolute Gasteiger partial charge is 0.481 e. The zero-order valence-corrected chi connectivity index (χ0v) is 16.5. The number of aryl methyl sites for hydroxylation is 2. The summed E-state index contributed by atoms with van der Waals surface area (Å²) in [4.78, 5) is 33.3. The summed E-state index contributed by atoms with van der Waals surface area (Å²) in [7, 11) is 0. The maximum absolute atomic E-state index is 11.4. The number of carbonyl (C=O) groups excluding carboxylic acids is 1. The van der Waals surface area contributed by atoms with Gasteiger partial charge in [0.25, 0.3) is 0 Å². The van der Waals surface area contributed by atoms with E-state index in [-0.39, 0.29) is 5.91 Å². The lowest BCUT2D eigenvalue weighted by Crippen LogP contribution is -2.48. The molecule has 3 rings (SSSR count). The molecule has 7 heteroatoms. The second kappa shape index (κ2) is 8.52. The summed E-state index contributed by atoms with van der Waals surface area (Å²) >= 11 is 1.57. The SMILES string of the molecule is CC(=O)N1CCN(c2ccc(CCc3ccc(C(C)C(=O)O)s3)nc2)CC1. The van der Waals surface area contributed by atoms with E-state index in [0.29, 0.717) is 0 Å². The molecule has 1 fully saturated rings. The zero-order chi connectivity index (χ0) is 19.4. The number of aromatic nitrogens is 1. The first-order valence-corrected chi connectivity index (χ1v) is 10.0. The van der Waals surface area contributed by atoms with Gasteiger partial charge in [-0.2, -0.15) is 0 Å². The molecule has 1 aliphatic rings. The number of carboxylic acids is 1. The van der Waals surface area contributed by atoms with E-state index in [1.807, 2.05) is 23.2 Å². The third-order valence-electron chi connectivity index (χ3n) is 5.01. The minimum atomic E-state index is -0.787. The van der Waals surface area contributed by atoms with Gasteiger partial charge in [-0.3, -0.25) is 14.6 Å². The van der Waals surface area contributed by atoms with Gasteiger partial charge < -0.3 is 14.9 Å². The molecule has 2 aromatic rings. The topological polar surface area (TPSA) is 73.7 Å². The molecule has 27 heavy (non-hydrogen) atoms. The van der Waals surface area contributed by atoms with Crippen LogP contribution < -0.4 is 4.90 Å². The van der Waals surface area contributed by atoms with Crippen molar-refractivity contribution in [1.82, 2.24) is 9.88 Å². The van der Waals surface area contributed by atoms with Crippen LogP contribution in [-0.2, 0) is 22.4 Å². The monoisotopic (exact) mass is 387 g/mol. The number of hydrogen-bond donors (Lipinski definition) is 1. The highest BCUT2D eigenvalue weighted by Gasteiger charge is 2.19.